The average Bonchev–Trinajstić information content (AvgIpc) is 2.78. The SMILES string of the molecule is CCC(CN1CCc2ccccc21)C(=O)OC. The maximum Gasteiger partial charge on any atom is 0.310 e. The molecule has 0 N–H and O–H groups in total. The number of nitrogens with zero attached hydrogens (tertiary/aromatic N) is 1. The highest BCUT2D eigenvalue weighted by Crippen LogP contribution is 2.28. The number of carbonyl (C=O) groups excluding carboxylic acids is 1. The Morgan fingerprint density at radius 2 is 2.24 bits per heavy atom. The molecule has 1 unspecified atom stereocenters. The van der Waals surface area contributed by atoms with Gasteiger partial charge in [-0.25, -0.2) is 0 Å². The number of para-hydroxylation sites is 1. The molecule has 1 aromatic carbocycles. The van der Waals surface area contributed by atoms with Crippen molar-refractivity contribution in [3.05, 3.63) is 29.8 Å². The number of hydrogen-bond donors (Lipinski definition) is 0. The van der Waals surface area contributed by atoms with E-state index in [-0.39, 0.29) is 11.9 Å². The van der Waals surface area contributed by atoms with Crippen LogP contribution in [0.15, 0.2) is 24.3 Å². The Bertz CT molecular complexity index is 403. The van der Waals surface area contributed by atoms with E-state index in [4.69, 9.17) is 4.74 Å². The fraction of sp³-hybridized carbons (Fsp3) is 0.500. The molecule has 1 aliphatic heterocycles. The van der Waals surface area contributed by atoms with E-state index in [9.17, 15) is 4.79 Å². The first-order chi connectivity index (χ1) is 8.26. The van der Waals surface area contributed by atoms with Crippen LogP contribution in [-0.4, -0.2) is 26.2 Å². The Hall–Kier alpha value is -1.51. The van der Waals surface area contributed by atoms with Crippen LogP contribution < -0.4 is 4.90 Å². The second-order valence-electron chi connectivity index (χ2n) is 4.45. The van der Waals surface area contributed by atoms with Gasteiger partial charge in [-0.3, -0.25) is 4.79 Å². The molecule has 0 spiro atoms. The molecular weight excluding hydrogens is 214 g/mol. The molecule has 1 aromatic rings. The van der Waals surface area contributed by atoms with Crippen LogP contribution in [0.2, 0.25) is 0 Å². The second kappa shape index (κ2) is 5.21. The number of fused-ring (bicyclic) bond motifs is 1. The van der Waals surface area contributed by atoms with Gasteiger partial charge in [-0.2, -0.15) is 0 Å². The molecular formula is C14H19NO2. The van der Waals surface area contributed by atoms with Crippen molar-refractivity contribution >= 4 is 11.7 Å². The lowest BCUT2D eigenvalue weighted by molar-refractivity contribution is -0.145. The van der Waals surface area contributed by atoms with Crippen LogP contribution in [0.1, 0.15) is 18.9 Å². The Kier molecular flexibility index (Phi) is 3.67. The van der Waals surface area contributed by atoms with Crippen LogP contribution in [0.3, 0.4) is 0 Å². The molecule has 0 bridgehead atoms. The van der Waals surface area contributed by atoms with Crippen molar-refractivity contribution < 1.29 is 9.53 Å². The Morgan fingerprint density at radius 3 is 2.94 bits per heavy atom. The van der Waals surface area contributed by atoms with E-state index in [0.717, 1.165) is 25.9 Å². The monoisotopic (exact) mass is 233 g/mol. The van der Waals surface area contributed by atoms with Gasteiger partial charge in [0.15, 0.2) is 0 Å². The summed E-state index contributed by atoms with van der Waals surface area (Å²) in [5.74, 6) is -0.122. The fourth-order valence-electron chi connectivity index (χ4n) is 2.40. The Labute approximate surface area is 102 Å². The van der Waals surface area contributed by atoms with E-state index in [1.807, 2.05) is 6.92 Å². The number of anilines is 1. The summed E-state index contributed by atoms with van der Waals surface area (Å²) in [7, 11) is 1.46. The predicted molar refractivity (Wildman–Crippen MR) is 68.2 cm³/mol. The van der Waals surface area contributed by atoms with Gasteiger partial charge in [0.2, 0.25) is 0 Å². The Morgan fingerprint density at radius 1 is 1.47 bits per heavy atom. The second-order valence-corrected chi connectivity index (χ2v) is 4.45. The Balaban J connectivity index is 2.08. The zero-order valence-corrected chi connectivity index (χ0v) is 10.5. The van der Waals surface area contributed by atoms with Crippen molar-refractivity contribution in [1.29, 1.82) is 0 Å². The van der Waals surface area contributed by atoms with Gasteiger partial charge in [0.05, 0.1) is 13.0 Å². The molecule has 2 rings (SSSR count). The zero-order chi connectivity index (χ0) is 12.3. The third kappa shape index (κ3) is 2.43. The van der Waals surface area contributed by atoms with Gasteiger partial charge in [-0.1, -0.05) is 25.1 Å². The third-order valence-electron chi connectivity index (χ3n) is 3.45. The first-order valence-electron chi connectivity index (χ1n) is 6.17. The van der Waals surface area contributed by atoms with E-state index >= 15 is 0 Å². The molecule has 1 heterocycles. The normalized spacial score (nSPS) is 15.5. The number of hydrogen-bond acceptors (Lipinski definition) is 3. The zero-order valence-electron chi connectivity index (χ0n) is 10.5. The summed E-state index contributed by atoms with van der Waals surface area (Å²) in [5.41, 5.74) is 2.65. The van der Waals surface area contributed by atoms with Gasteiger partial charge in [0, 0.05) is 18.8 Å². The van der Waals surface area contributed by atoms with Crippen molar-refractivity contribution in [1.82, 2.24) is 0 Å². The van der Waals surface area contributed by atoms with Crippen LogP contribution in [0.4, 0.5) is 5.69 Å². The standard InChI is InChI=1S/C14H19NO2/c1-3-11(14(16)17-2)10-15-9-8-12-6-4-5-7-13(12)15/h4-7,11H,3,8-10H2,1-2H3. The maximum atomic E-state index is 11.6. The highest BCUT2D eigenvalue weighted by Gasteiger charge is 2.25. The summed E-state index contributed by atoms with van der Waals surface area (Å²) < 4.78 is 4.84. The molecule has 0 saturated heterocycles. The third-order valence-corrected chi connectivity index (χ3v) is 3.45. The summed E-state index contributed by atoms with van der Waals surface area (Å²) in [6.45, 7) is 3.80. The average molecular weight is 233 g/mol. The van der Waals surface area contributed by atoms with Crippen molar-refractivity contribution in [3.63, 3.8) is 0 Å². The lowest BCUT2D eigenvalue weighted by Crippen LogP contribution is -2.32. The number of carbonyl (C=O) groups is 1. The lowest BCUT2D eigenvalue weighted by atomic mass is 10.1. The molecule has 1 atom stereocenters. The van der Waals surface area contributed by atoms with Crippen LogP contribution in [0.25, 0.3) is 0 Å². The van der Waals surface area contributed by atoms with E-state index in [0.29, 0.717) is 0 Å². The summed E-state index contributed by atoms with van der Waals surface area (Å²) in [6, 6.07) is 8.41. The summed E-state index contributed by atoms with van der Waals surface area (Å²) >= 11 is 0. The summed E-state index contributed by atoms with van der Waals surface area (Å²) in [6.07, 6.45) is 1.90. The lowest BCUT2D eigenvalue weighted by Gasteiger charge is -2.23. The highest BCUT2D eigenvalue weighted by atomic mass is 16.5. The van der Waals surface area contributed by atoms with E-state index in [1.54, 1.807) is 0 Å². The van der Waals surface area contributed by atoms with Crippen LogP contribution >= 0.6 is 0 Å². The molecule has 0 amide bonds. The van der Waals surface area contributed by atoms with Crippen molar-refractivity contribution in [2.45, 2.75) is 19.8 Å². The first kappa shape index (κ1) is 12.0. The smallest absolute Gasteiger partial charge is 0.310 e. The van der Waals surface area contributed by atoms with Gasteiger partial charge in [-0.05, 0) is 24.5 Å². The minimum atomic E-state index is -0.100. The van der Waals surface area contributed by atoms with E-state index in [1.165, 1.54) is 18.4 Å². The van der Waals surface area contributed by atoms with Crippen LogP contribution in [0, 0.1) is 5.92 Å². The molecule has 0 saturated carbocycles. The molecule has 17 heavy (non-hydrogen) atoms. The summed E-state index contributed by atoms with van der Waals surface area (Å²) in [4.78, 5) is 13.9. The van der Waals surface area contributed by atoms with Crippen molar-refractivity contribution in [2.75, 3.05) is 25.1 Å². The highest BCUT2D eigenvalue weighted by molar-refractivity contribution is 5.73. The predicted octanol–water partition coefficient (Wildman–Crippen LogP) is 2.25. The topological polar surface area (TPSA) is 29.5 Å². The number of rotatable bonds is 4. The van der Waals surface area contributed by atoms with Crippen LogP contribution in [-0.2, 0) is 16.0 Å². The minimum Gasteiger partial charge on any atom is -0.469 e. The first-order valence-corrected chi connectivity index (χ1v) is 6.17. The van der Waals surface area contributed by atoms with Gasteiger partial charge in [-0.15, -0.1) is 0 Å². The molecule has 0 radical (unpaired) electrons. The molecule has 0 aliphatic carbocycles. The van der Waals surface area contributed by atoms with Crippen LogP contribution in [0.5, 0.6) is 0 Å². The number of methoxy groups -OCH3 is 1. The summed E-state index contributed by atoms with van der Waals surface area (Å²) in [5, 5.41) is 0. The molecule has 0 fully saturated rings. The largest absolute Gasteiger partial charge is 0.469 e. The van der Waals surface area contributed by atoms with Gasteiger partial charge in [0.25, 0.3) is 0 Å². The van der Waals surface area contributed by atoms with Gasteiger partial charge in [0.1, 0.15) is 0 Å². The fourth-order valence-corrected chi connectivity index (χ4v) is 2.40. The number of ether oxygens (including phenoxy) is 1. The van der Waals surface area contributed by atoms with Gasteiger partial charge < -0.3 is 9.64 Å². The maximum absolute atomic E-state index is 11.6. The van der Waals surface area contributed by atoms with E-state index in [2.05, 4.69) is 29.2 Å². The molecule has 1 aliphatic rings. The number of benzene rings is 1. The van der Waals surface area contributed by atoms with Crippen molar-refractivity contribution in [2.24, 2.45) is 5.92 Å². The van der Waals surface area contributed by atoms with Gasteiger partial charge >= 0.3 is 5.97 Å². The van der Waals surface area contributed by atoms with Crippen molar-refractivity contribution in [3.8, 4) is 0 Å². The molecule has 3 heteroatoms. The molecule has 92 valence electrons. The quantitative estimate of drug-likeness (QED) is 0.747. The molecule has 0 aromatic heterocycles. The molecule has 3 nitrogen and oxygen atoms in total. The number of esters is 1. The minimum absolute atomic E-state index is 0.0221. The van der Waals surface area contributed by atoms with E-state index < -0.39 is 0 Å².